The Balaban J connectivity index is 1.29. The van der Waals surface area contributed by atoms with Crippen molar-refractivity contribution in [3.8, 4) is 0 Å². The zero-order chi connectivity index (χ0) is 21.1. The molecule has 1 aromatic rings. The van der Waals surface area contributed by atoms with Crippen LogP contribution in [0.25, 0.3) is 0 Å². The SMILES string of the molecule is CC1CCC2(CC1)NC(=O)N(CC(=O)Nc1ccc(NCC3CCCC3)cc1)C2=O. The van der Waals surface area contributed by atoms with Crippen molar-refractivity contribution in [3.05, 3.63) is 24.3 Å². The zero-order valence-corrected chi connectivity index (χ0v) is 17.7. The van der Waals surface area contributed by atoms with Crippen LogP contribution in [-0.2, 0) is 9.59 Å². The Morgan fingerprint density at radius 1 is 1.07 bits per heavy atom. The summed E-state index contributed by atoms with van der Waals surface area (Å²) in [4.78, 5) is 38.8. The first kappa shape index (κ1) is 20.7. The van der Waals surface area contributed by atoms with Crippen molar-refractivity contribution in [2.24, 2.45) is 11.8 Å². The minimum atomic E-state index is -0.809. The van der Waals surface area contributed by atoms with Crippen LogP contribution in [0.1, 0.15) is 58.3 Å². The van der Waals surface area contributed by atoms with Gasteiger partial charge in [-0.05, 0) is 74.6 Å². The number of imide groups is 1. The maximum absolute atomic E-state index is 12.9. The second kappa shape index (κ2) is 8.66. The van der Waals surface area contributed by atoms with Crippen LogP contribution in [0.3, 0.4) is 0 Å². The Labute approximate surface area is 178 Å². The number of amides is 4. The van der Waals surface area contributed by atoms with E-state index < -0.39 is 11.6 Å². The summed E-state index contributed by atoms with van der Waals surface area (Å²) in [5.41, 5.74) is 0.874. The first-order chi connectivity index (χ1) is 14.4. The van der Waals surface area contributed by atoms with E-state index in [2.05, 4.69) is 22.9 Å². The zero-order valence-electron chi connectivity index (χ0n) is 17.7. The van der Waals surface area contributed by atoms with Gasteiger partial charge in [-0.15, -0.1) is 0 Å². The lowest BCUT2D eigenvalue weighted by Crippen LogP contribution is -2.49. The van der Waals surface area contributed by atoms with Gasteiger partial charge in [0.2, 0.25) is 5.91 Å². The van der Waals surface area contributed by atoms with E-state index in [1.165, 1.54) is 25.7 Å². The lowest BCUT2D eigenvalue weighted by Gasteiger charge is -2.33. The third-order valence-corrected chi connectivity index (χ3v) is 6.91. The van der Waals surface area contributed by atoms with Crippen molar-refractivity contribution >= 4 is 29.2 Å². The fourth-order valence-corrected chi connectivity index (χ4v) is 4.91. The molecule has 0 unspecified atom stereocenters. The molecule has 0 bridgehead atoms. The normalized spacial score (nSPS) is 26.8. The van der Waals surface area contributed by atoms with Gasteiger partial charge in [0.05, 0.1) is 0 Å². The monoisotopic (exact) mass is 412 g/mol. The smallest absolute Gasteiger partial charge is 0.325 e. The van der Waals surface area contributed by atoms with Gasteiger partial charge in [-0.2, -0.15) is 0 Å². The average Bonchev–Trinajstić information content (AvgIpc) is 3.33. The summed E-state index contributed by atoms with van der Waals surface area (Å²) in [6.07, 6.45) is 8.36. The molecule has 30 heavy (non-hydrogen) atoms. The van der Waals surface area contributed by atoms with Crippen molar-refractivity contribution in [2.45, 2.75) is 63.8 Å². The van der Waals surface area contributed by atoms with Crippen molar-refractivity contribution in [3.63, 3.8) is 0 Å². The highest BCUT2D eigenvalue weighted by Crippen LogP contribution is 2.36. The number of carbonyl (C=O) groups excluding carboxylic acids is 3. The summed E-state index contributed by atoms with van der Waals surface area (Å²) < 4.78 is 0. The highest BCUT2D eigenvalue weighted by Gasteiger charge is 2.52. The Bertz CT molecular complexity index is 793. The predicted octanol–water partition coefficient (Wildman–Crippen LogP) is 3.73. The predicted molar refractivity (Wildman–Crippen MR) is 116 cm³/mol. The van der Waals surface area contributed by atoms with Crippen LogP contribution < -0.4 is 16.0 Å². The molecule has 3 N–H and O–H groups in total. The lowest BCUT2D eigenvalue weighted by molar-refractivity contribution is -0.135. The highest BCUT2D eigenvalue weighted by atomic mass is 16.2. The molecule has 1 aliphatic heterocycles. The number of carbonyl (C=O) groups is 3. The van der Waals surface area contributed by atoms with Crippen molar-refractivity contribution in [1.82, 2.24) is 10.2 Å². The molecule has 4 rings (SSSR count). The number of hydrogen-bond donors (Lipinski definition) is 3. The Morgan fingerprint density at radius 3 is 2.37 bits per heavy atom. The minimum Gasteiger partial charge on any atom is -0.385 e. The summed E-state index contributed by atoms with van der Waals surface area (Å²) >= 11 is 0. The molecule has 7 heteroatoms. The van der Waals surface area contributed by atoms with Crippen LogP contribution in [0.4, 0.5) is 16.2 Å². The van der Waals surface area contributed by atoms with Crippen LogP contribution >= 0.6 is 0 Å². The quantitative estimate of drug-likeness (QED) is 0.621. The Kier molecular flexibility index (Phi) is 5.97. The molecule has 1 heterocycles. The first-order valence-electron chi connectivity index (χ1n) is 11.2. The van der Waals surface area contributed by atoms with Gasteiger partial charge in [0.15, 0.2) is 0 Å². The molecule has 1 spiro atoms. The number of rotatable bonds is 6. The molecule has 2 aliphatic carbocycles. The second-order valence-corrected chi connectivity index (χ2v) is 9.24. The van der Waals surface area contributed by atoms with Gasteiger partial charge in [-0.1, -0.05) is 19.8 Å². The number of hydrogen-bond acceptors (Lipinski definition) is 4. The van der Waals surface area contributed by atoms with E-state index in [4.69, 9.17) is 0 Å². The van der Waals surface area contributed by atoms with Gasteiger partial charge >= 0.3 is 6.03 Å². The molecule has 1 saturated heterocycles. The van der Waals surface area contributed by atoms with Gasteiger partial charge in [0.1, 0.15) is 12.1 Å². The van der Waals surface area contributed by atoms with E-state index in [0.29, 0.717) is 24.4 Å². The van der Waals surface area contributed by atoms with Crippen molar-refractivity contribution in [1.29, 1.82) is 0 Å². The summed E-state index contributed by atoms with van der Waals surface area (Å²) in [6, 6.07) is 7.10. The van der Waals surface area contributed by atoms with Crippen LogP contribution in [0.2, 0.25) is 0 Å². The van der Waals surface area contributed by atoms with Crippen LogP contribution in [-0.4, -0.2) is 41.4 Å². The molecule has 2 saturated carbocycles. The van der Waals surface area contributed by atoms with Crippen LogP contribution in [0.15, 0.2) is 24.3 Å². The molecular formula is C23H32N4O3. The third kappa shape index (κ3) is 4.45. The molecule has 7 nitrogen and oxygen atoms in total. The molecule has 3 aliphatic rings. The Morgan fingerprint density at radius 2 is 1.70 bits per heavy atom. The maximum Gasteiger partial charge on any atom is 0.325 e. The number of anilines is 2. The molecule has 0 radical (unpaired) electrons. The van der Waals surface area contributed by atoms with E-state index in [-0.39, 0.29) is 18.4 Å². The van der Waals surface area contributed by atoms with Crippen LogP contribution in [0, 0.1) is 11.8 Å². The molecular weight excluding hydrogens is 380 g/mol. The van der Waals surface area contributed by atoms with Gasteiger partial charge in [-0.25, -0.2) is 4.79 Å². The summed E-state index contributed by atoms with van der Waals surface area (Å²) in [5.74, 6) is 0.685. The molecule has 1 aromatic carbocycles. The maximum atomic E-state index is 12.9. The largest absolute Gasteiger partial charge is 0.385 e. The standard InChI is InChI=1S/C23H32N4O3/c1-16-10-12-23(13-11-16)21(29)27(22(30)26-23)15-20(28)25-19-8-6-18(7-9-19)24-14-17-4-2-3-5-17/h6-9,16-17,24H,2-5,10-15H2,1H3,(H,25,28)(H,26,30). The first-order valence-corrected chi connectivity index (χ1v) is 11.2. The minimum absolute atomic E-state index is 0.260. The number of benzene rings is 1. The van der Waals surface area contributed by atoms with Crippen LogP contribution in [0.5, 0.6) is 0 Å². The third-order valence-electron chi connectivity index (χ3n) is 6.91. The van der Waals surface area contributed by atoms with Gasteiger partial charge in [0, 0.05) is 17.9 Å². The van der Waals surface area contributed by atoms with Gasteiger partial charge in [0.25, 0.3) is 5.91 Å². The molecule has 3 fully saturated rings. The van der Waals surface area contributed by atoms with Gasteiger partial charge < -0.3 is 16.0 Å². The summed E-state index contributed by atoms with van der Waals surface area (Å²) in [6.45, 7) is 2.89. The summed E-state index contributed by atoms with van der Waals surface area (Å²) in [5, 5.41) is 9.10. The number of nitrogens with zero attached hydrogens (tertiary/aromatic N) is 1. The fraction of sp³-hybridized carbons (Fsp3) is 0.609. The van der Waals surface area contributed by atoms with Gasteiger partial charge in [-0.3, -0.25) is 14.5 Å². The molecule has 4 amide bonds. The van der Waals surface area contributed by atoms with E-state index in [9.17, 15) is 14.4 Å². The van der Waals surface area contributed by atoms with E-state index >= 15 is 0 Å². The molecule has 162 valence electrons. The highest BCUT2D eigenvalue weighted by molar-refractivity contribution is 6.10. The van der Waals surface area contributed by atoms with Crippen molar-refractivity contribution < 1.29 is 14.4 Å². The summed E-state index contributed by atoms with van der Waals surface area (Å²) in [7, 11) is 0. The number of nitrogens with one attached hydrogen (secondary N) is 3. The lowest BCUT2D eigenvalue weighted by atomic mass is 9.77. The Hall–Kier alpha value is -2.57. The molecule has 0 atom stereocenters. The number of urea groups is 1. The van der Waals surface area contributed by atoms with E-state index in [1.807, 2.05) is 24.3 Å². The van der Waals surface area contributed by atoms with E-state index in [1.54, 1.807) is 0 Å². The van der Waals surface area contributed by atoms with E-state index in [0.717, 1.165) is 35.9 Å². The molecule has 0 aromatic heterocycles. The van der Waals surface area contributed by atoms with Crippen molar-refractivity contribution in [2.75, 3.05) is 23.7 Å². The topological polar surface area (TPSA) is 90.5 Å². The average molecular weight is 413 g/mol. The fourth-order valence-electron chi connectivity index (χ4n) is 4.91. The second-order valence-electron chi connectivity index (χ2n) is 9.24.